The van der Waals surface area contributed by atoms with E-state index >= 15 is 0 Å². The zero-order valence-electron chi connectivity index (χ0n) is 7.86. The molecule has 1 rings (SSSR count). The Morgan fingerprint density at radius 3 is 2.73 bits per heavy atom. The van der Waals surface area contributed by atoms with Gasteiger partial charge in [0, 0.05) is 6.42 Å². The lowest BCUT2D eigenvalue weighted by molar-refractivity contribution is -0.133. The molecule has 1 heterocycles. The first-order valence-corrected chi connectivity index (χ1v) is 5.83. The van der Waals surface area contributed by atoms with E-state index in [1.165, 1.54) is 0 Å². The number of carboxylic acids is 1. The number of alkyl halides is 1. The number of halogens is 1. The molecule has 2 N–H and O–H groups in total. The smallest absolute Gasteiger partial charge is 0.335 e. The number of carboxylic acid groups (broad SMARTS) is 1. The van der Waals surface area contributed by atoms with E-state index in [4.69, 9.17) is 5.11 Å². The van der Waals surface area contributed by atoms with Crippen molar-refractivity contribution in [3.05, 3.63) is 11.3 Å². The summed E-state index contributed by atoms with van der Waals surface area (Å²) in [5, 5.41) is 11.0. The van der Waals surface area contributed by atoms with Crippen molar-refractivity contribution in [3.63, 3.8) is 0 Å². The highest BCUT2D eigenvalue weighted by Crippen LogP contribution is 2.19. The highest BCUT2D eigenvalue weighted by molar-refractivity contribution is 7.86. The monoisotopic (exact) mass is 239 g/mol. The normalized spacial score (nSPS) is 22.7. The Labute approximate surface area is 85.9 Å². The van der Waals surface area contributed by atoms with Crippen molar-refractivity contribution in [3.8, 4) is 0 Å². The molecule has 0 radical (unpaired) electrons. The van der Waals surface area contributed by atoms with Gasteiger partial charge in [0.05, 0.1) is 18.4 Å². The number of rotatable bonds is 3. The Kier molecular flexibility index (Phi) is 3.30. The van der Waals surface area contributed by atoms with Gasteiger partial charge in [-0.05, 0) is 0 Å². The van der Waals surface area contributed by atoms with Gasteiger partial charge in [0.15, 0.2) is 6.30 Å². The molecular weight excluding hydrogens is 229 g/mol. The van der Waals surface area contributed by atoms with Crippen molar-refractivity contribution in [1.29, 1.82) is 0 Å². The Morgan fingerprint density at radius 2 is 2.27 bits per heavy atom. The first kappa shape index (κ1) is 11.9. The second kappa shape index (κ2) is 4.15. The van der Waals surface area contributed by atoms with E-state index in [2.05, 4.69) is 9.50 Å². The van der Waals surface area contributed by atoms with Gasteiger partial charge < -0.3 is 9.29 Å². The molecule has 0 aliphatic carbocycles. The van der Waals surface area contributed by atoms with Gasteiger partial charge in [0.1, 0.15) is 5.76 Å². The molecule has 0 aromatic heterocycles. The van der Waals surface area contributed by atoms with Gasteiger partial charge in [-0.15, -0.1) is 0 Å². The van der Waals surface area contributed by atoms with Crippen LogP contribution in [-0.4, -0.2) is 38.6 Å². The highest BCUT2D eigenvalue weighted by atomic mass is 32.2. The molecule has 1 atom stereocenters. The van der Waals surface area contributed by atoms with E-state index in [1.54, 1.807) is 0 Å². The summed E-state index contributed by atoms with van der Waals surface area (Å²) in [4.78, 5) is 10.7. The summed E-state index contributed by atoms with van der Waals surface area (Å²) in [5.41, 5.74) is -0.355. The number of carbonyl (C=O) groups is 1. The largest absolute Gasteiger partial charge is 0.478 e. The maximum atomic E-state index is 12.8. The summed E-state index contributed by atoms with van der Waals surface area (Å²) in [6.07, 6.45) is -1.12. The van der Waals surface area contributed by atoms with Crippen LogP contribution >= 0.6 is 0 Å². The molecule has 1 aliphatic rings. The van der Waals surface area contributed by atoms with Crippen molar-refractivity contribution < 1.29 is 26.9 Å². The van der Waals surface area contributed by atoms with Crippen LogP contribution in [0.15, 0.2) is 11.3 Å². The molecule has 0 aromatic carbocycles. The van der Waals surface area contributed by atoms with Gasteiger partial charge in [-0.2, -0.15) is 8.42 Å². The zero-order valence-corrected chi connectivity index (χ0v) is 8.67. The predicted molar refractivity (Wildman–Crippen MR) is 48.1 cm³/mol. The van der Waals surface area contributed by atoms with Crippen LogP contribution in [0.4, 0.5) is 4.39 Å². The molecule has 0 saturated carbocycles. The van der Waals surface area contributed by atoms with E-state index < -0.39 is 28.8 Å². The summed E-state index contributed by atoms with van der Waals surface area (Å²) in [7, 11) is -3.79. The summed E-state index contributed by atoms with van der Waals surface area (Å²) >= 11 is 0. The Hall–Kier alpha value is -1.15. The van der Waals surface area contributed by atoms with Gasteiger partial charge >= 0.3 is 16.1 Å². The third-order valence-corrected chi connectivity index (χ3v) is 2.22. The van der Waals surface area contributed by atoms with E-state index in [9.17, 15) is 17.6 Å². The van der Waals surface area contributed by atoms with Crippen LogP contribution < -0.4 is 5.32 Å². The molecule has 1 unspecified atom stereocenters. The zero-order chi connectivity index (χ0) is 11.6. The SMILES string of the molecule is CS(=O)(=O)OC1=C(C(=O)O)CC(F)NC1. The van der Waals surface area contributed by atoms with Gasteiger partial charge in [0.2, 0.25) is 0 Å². The molecule has 15 heavy (non-hydrogen) atoms. The molecule has 1 aliphatic heterocycles. The van der Waals surface area contributed by atoms with Crippen LogP contribution in [0.25, 0.3) is 0 Å². The lowest BCUT2D eigenvalue weighted by Crippen LogP contribution is -2.35. The molecule has 0 aromatic rings. The lowest BCUT2D eigenvalue weighted by Gasteiger charge is -2.20. The van der Waals surface area contributed by atoms with Crippen LogP contribution in [-0.2, 0) is 19.1 Å². The standard InChI is InChI=1S/C7H10FNO5S/c1-15(12,13)14-5-3-9-6(8)2-4(5)7(10)11/h6,9H,2-3H2,1H3,(H,10,11). The first-order chi connectivity index (χ1) is 6.79. The van der Waals surface area contributed by atoms with Crippen LogP contribution in [0, 0.1) is 0 Å². The van der Waals surface area contributed by atoms with Crippen LogP contribution in [0.3, 0.4) is 0 Å². The predicted octanol–water partition coefficient (Wildman–Crippen LogP) is -0.410. The topological polar surface area (TPSA) is 92.7 Å². The molecule has 0 spiro atoms. The van der Waals surface area contributed by atoms with Crippen molar-refractivity contribution >= 4 is 16.1 Å². The van der Waals surface area contributed by atoms with E-state index in [0.29, 0.717) is 0 Å². The molecule has 0 bridgehead atoms. The fraction of sp³-hybridized carbons (Fsp3) is 0.571. The maximum Gasteiger partial charge on any atom is 0.335 e. The van der Waals surface area contributed by atoms with Gasteiger partial charge in [-0.1, -0.05) is 0 Å². The molecule has 8 heteroatoms. The summed E-state index contributed by atoms with van der Waals surface area (Å²) in [5.74, 6) is -1.64. The maximum absolute atomic E-state index is 12.8. The van der Waals surface area contributed by atoms with Crippen LogP contribution in [0.1, 0.15) is 6.42 Å². The molecule has 0 saturated heterocycles. The number of nitrogens with one attached hydrogen (secondary N) is 1. The number of aliphatic carboxylic acids is 1. The van der Waals surface area contributed by atoms with Crippen LogP contribution in [0.2, 0.25) is 0 Å². The molecule has 0 fully saturated rings. The average molecular weight is 239 g/mol. The highest BCUT2D eigenvalue weighted by Gasteiger charge is 2.27. The van der Waals surface area contributed by atoms with E-state index in [-0.39, 0.29) is 17.9 Å². The van der Waals surface area contributed by atoms with Crippen LogP contribution in [0.5, 0.6) is 0 Å². The quantitative estimate of drug-likeness (QED) is 0.513. The second-order valence-corrected chi connectivity index (χ2v) is 4.62. The first-order valence-electron chi connectivity index (χ1n) is 4.02. The minimum Gasteiger partial charge on any atom is -0.478 e. The van der Waals surface area contributed by atoms with Crippen molar-refractivity contribution in [1.82, 2.24) is 5.32 Å². The molecule has 6 nitrogen and oxygen atoms in total. The fourth-order valence-electron chi connectivity index (χ4n) is 1.14. The Bertz CT molecular complexity index is 402. The molecule has 0 amide bonds. The van der Waals surface area contributed by atoms with Crippen molar-refractivity contribution in [2.75, 3.05) is 12.8 Å². The minimum atomic E-state index is -3.79. The average Bonchev–Trinajstić information content (AvgIpc) is 2.05. The molecular formula is C7H10FNO5S. The fourth-order valence-corrected chi connectivity index (χ4v) is 1.67. The Balaban J connectivity index is 2.99. The summed E-state index contributed by atoms with van der Waals surface area (Å²) < 4.78 is 38.8. The second-order valence-electron chi connectivity index (χ2n) is 3.05. The third kappa shape index (κ3) is 3.48. The van der Waals surface area contributed by atoms with E-state index in [1.807, 2.05) is 0 Å². The van der Waals surface area contributed by atoms with Crippen molar-refractivity contribution in [2.45, 2.75) is 12.7 Å². The number of hydrogen-bond donors (Lipinski definition) is 2. The van der Waals surface area contributed by atoms with Crippen molar-refractivity contribution in [2.24, 2.45) is 0 Å². The summed E-state index contributed by atoms with van der Waals surface area (Å²) in [6, 6.07) is 0. The third-order valence-electron chi connectivity index (χ3n) is 1.71. The number of hydrogen-bond acceptors (Lipinski definition) is 5. The van der Waals surface area contributed by atoms with Gasteiger partial charge in [-0.25, -0.2) is 9.18 Å². The van der Waals surface area contributed by atoms with Gasteiger partial charge in [-0.3, -0.25) is 5.32 Å². The van der Waals surface area contributed by atoms with E-state index in [0.717, 1.165) is 6.26 Å². The lowest BCUT2D eigenvalue weighted by atomic mass is 10.1. The Morgan fingerprint density at radius 1 is 1.67 bits per heavy atom. The summed E-state index contributed by atoms with van der Waals surface area (Å²) in [6.45, 7) is -0.254. The molecule has 86 valence electrons. The minimum absolute atomic E-state index is 0.254. The van der Waals surface area contributed by atoms with Gasteiger partial charge in [0.25, 0.3) is 0 Å².